The summed E-state index contributed by atoms with van der Waals surface area (Å²) >= 11 is 0. The Morgan fingerprint density at radius 1 is 1.35 bits per heavy atom. The quantitative estimate of drug-likeness (QED) is 0.754. The van der Waals surface area contributed by atoms with Crippen LogP contribution in [-0.2, 0) is 14.3 Å². The molecule has 0 N–H and O–H groups in total. The van der Waals surface area contributed by atoms with Crippen LogP contribution in [0.4, 0.5) is 0 Å². The van der Waals surface area contributed by atoms with E-state index in [0.717, 1.165) is 38.9 Å². The minimum Gasteiger partial charge on any atom is -0.371 e. The maximum atomic E-state index is 12.2. The van der Waals surface area contributed by atoms with E-state index >= 15 is 0 Å². The summed E-state index contributed by atoms with van der Waals surface area (Å²) in [5.41, 5.74) is -0.0546. The zero-order valence-corrected chi connectivity index (χ0v) is 12.4. The molecule has 1 spiro atoms. The van der Waals surface area contributed by atoms with Crippen molar-refractivity contribution in [1.82, 2.24) is 9.80 Å². The summed E-state index contributed by atoms with van der Waals surface area (Å²) in [5.74, 6) is 0.664. The maximum absolute atomic E-state index is 12.2. The molecule has 0 bridgehead atoms. The van der Waals surface area contributed by atoms with Crippen LogP contribution in [0.25, 0.3) is 0 Å². The Balaban J connectivity index is 1.71. The van der Waals surface area contributed by atoms with E-state index in [-0.39, 0.29) is 29.9 Å². The molecule has 2 saturated heterocycles. The molecule has 3 rings (SSSR count). The van der Waals surface area contributed by atoms with Crippen molar-refractivity contribution < 1.29 is 14.3 Å². The van der Waals surface area contributed by atoms with E-state index in [4.69, 9.17) is 4.74 Å². The van der Waals surface area contributed by atoms with E-state index in [1.165, 1.54) is 0 Å². The molecule has 0 aromatic rings. The molecule has 1 aliphatic carbocycles. The van der Waals surface area contributed by atoms with Crippen molar-refractivity contribution in [1.29, 1.82) is 0 Å². The van der Waals surface area contributed by atoms with Gasteiger partial charge in [-0.05, 0) is 33.1 Å². The van der Waals surface area contributed by atoms with Gasteiger partial charge in [0.25, 0.3) is 0 Å². The smallest absolute Gasteiger partial charge is 0.248 e. The second kappa shape index (κ2) is 5.02. The van der Waals surface area contributed by atoms with Crippen molar-refractivity contribution in [2.45, 2.75) is 39.2 Å². The summed E-state index contributed by atoms with van der Waals surface area (Å²) in [4.78, 5) is 28.2. The molecule has 112 valence electrons. The van der Waals surface area contributed by atoms with Crippen molar-refractivity contribution in [3.05, 3.63) is 0 Å². The molecule has 1 atom stereocenters. The first-order chi connectivity index (χ1) is 9.51. The number of nitrogens with zero attached hydrogens (tertiary/aromatic N) is 2. The number of rotatable bonds is 2. The van der Waals surface area contributed by atoms with Crippen molar-refractivity contribution in [3.8, 4) is 0 Å². The monoisotopic (exact) mass is 280 g/mol. The third-order valence-corrected chi connectivity index (χ3v) is 4.76. The molecular formula is C15H24N2O3. The predicted octanol–water partition coefficient (Wildman–Crippen LogP) is 0.882. The lowest BCUT2D eigenvalue weighted by atomic mass is 9.87. The highest BCUT2D eigenvalue weighted by molar-refractivity contribution is 5.81. The van der Waals surface area contributed by atoms with E-state index in [0.29, 0.717) is 12.5 Å². The number of carbonyl (C=O) groups is 2. The van der Waals surface area contributed by atoms with E-state index in [1.807, 2.05) is 23.6 Å². The molecule has 3 aliphatic rings. The van der Waals surface area contributed by atoms with Gasteiger partial charge < -0.3 is 14.5 Å². The van der Waals surface area contributed by atoms with Gasteiger partial charge in [0.05, 0.1) is 6.61 Å². The molecule has 2 heterocycles. The SMILES string of the molecule is CC(C)N1CC2(CCN(C(=O)C3CC3)C2)COCC1=O. The van der Waals surface area contributed by atoms with Gasteiger partial charge in [-0.2, -0.15) is 0 Å². The van der Waals surface area contributed by atoms with Gasteiger partial charge in [0.15, 0.2) is 0 Å². The van der Waals surface area contributed by atoms with E-state index < -0.39 is 0 Å². The van der Waals surface area contributed by atoms with E-state index in [1.54, 1.807) is 0 Å². The molecular weight excluding hydrogens is 256 g/mol. The summed E-state index contributed by atoms with van der Waals surface area (Å²) in [6, 6.07) is 0.189. The number of ether oxygens (including phenoxy) is 1. The fraction of sp³-hybridized carbons (Fsp3) is 0.867. The van der Waals surface area contributed by atoms with Gasteiger partial charge in [-0.3, -0.25) is 9.59 Å². The van der Waals surface area contributed by atoms with Gasteiger partial charge in [-0.1, -0.05) is 0 Å². The minimum atomic E-state index is -0.0546. The van der Waals surface area contributed by atoms with Crippen LogP contribution in [0.15, 0.2) is 0 Å². The normalized spacial score (nSPS) is 31.2. The first-order valence-electron chi connectivity index (χ1n) is 7.67. The second-order valence-electron chi connectivity index (χ2n) is 6.89. The standard InChI is InChI=1S/C15H24N2O3/c1-11(2)17-9-15(10-20-7-13(17)18)5-6-16(8-15)14(19)12-3-4-12/h11-12H,3-10H2,1-2H3. The van der Waals surface area contributed by atoms with Crippen LogP contribution in [-0.4, -0.2) is 60.5 Å². The Kier molecular flexibility index (Phi) is 3.48. The minimum absolute atomic E-state index is 0.0546. The molecule has 0 aromatic carbocycles. The molecule has 1 saturated carbocycles. The number of hydrogen-bond donors (Lipinski definition) is 0. The highest BCUT2D eigenvalue weighted by atomic mass is 16.5. The topological polar surface area (TPSA) is 49.9 Å². The maximum Gasteiger partial charge on any atom is 0.248 e. The third-order valence-electron chi connectivity index (χ3n) is 4.76. The van der Waals surface area contributed by atoms with Crippen LogP contribution in [0.1, 0.15) is 33.1 Å². The lowest BCUT2D eigenvalue weighted by Gasteiger charge is -2.34. The molecule has 2 aliphatic heterocycles. The first-order valence-corrected chi connectivity index (χ1v) is 7.67. The Bertz CT molecular complexity index is 419. The van der Waals surface area contributed by atoms with Gasteiger partial charge in [0.2, 0.25) is 11.8 Å². The van der Waals surface area contributed by atoms with Gasteiger partial charge in [0, 0.05) is 37.0 Å². The third kappa shape index (κ3) is 2.55. The zero-order chi connectivity index (χ0) is 14.3. The Morgan fingerprint density at radius 2 is 2.10 bits per heavy atom. The lowest BCUT2D eigenvalue weighted by molar-refractivity contribution is -0.135. The van der Waals surface area contributed by atoms with E-state index in [9.17, 15) is 9.59 Å². The summed E-state index contributed by atoms with van der Waals surface area (Å²) in [6.45, 7) is 7.14. The van der Waals surface area contributed by atoms with Gasteiger partial charge in [0.1, 0.15) is 6.61 Å². The molecule has 1 unspecified atom stereocenters. The average molecular weight is 280 g/mol. The molecule has 0 radical (unpaired) electrons. The highest BCUT2D eigenvalue weighted by Crippen LogP contribution is 2.38. The largest absolute Gasteiger partial charge is 0.371 e. The lowest BCUT2D eigenvalue weighted by Crippen LogP contribution is -2.46. The van der Waals surface area contributed by atoms with Crippen LogP contribution in [0, 0.1) is 11.3 Å². The second-order valence-corrected chi connectivity index (χ2v) is 6.89. The van der Waals surface area contributed by atoms with Crippen LogP contribution < -0.4 is 0 Å². The summed E-state index contributed by atoms with van der Waals surface area (Å²) < 4.78 is 5.60. The van der Waals surface area contributed by atoms with Gasteiger partial charge in [-0.15, -0.1) is 0 Å². The first kappa shape index (κ1) is 13.9. The number of amides is 2. The highest BCUT2D eigenvalue weighted by Gasteiger charge is 2.46. The fourth-order valence-electron chi connectivity index (χ4n) is 3.36. The van der Waals surface area contributed by atoms with Crippen molar-refractivity contribution in [2.24, 2.45) is 11.3 Å². The summed E-state index contributed by atoms with van der Waals surface area (Å²) in [7, 11) is 0. The fourth-order valence-corrected chi connectivity index (χ4v) is 3.36. The molecule has 2 amide bonds. The van der Waals surface area contributed by atoms with Crippen molar-refractivity contribution in [3.63, 3.8) is 0 Å². The zero-order valence-electron chi connectivity index (χ0n) is 12.4. The van der Waals surface area contributed by atoms with Crippen LogP contribution in [0.5, 0.6) is 0 Å². The van der Waals surface area contributed by atoms with Crippen molar-refractivity contribution in [2.75, 3.05) is 32.8 Å². The van der Waals surface area contributed by atoms with Crippen LogP contribution in [0.3, 0.4) is 0 Å². The van der Waals surface area contributed by atoms with Gasteiger partial charge in [-0.25, -0.2) is 0 Å². The number of hydrogen-bond acceptors (Lipinski definition) is 3. The number of carbonyl (C=O) groups excluding carboxylic acids is 2. The molecule has 20 heavy (non-hydrogen) atoms. The Hall–Kier alpha value is -1.10. The molecule has 0 aromatic heterocycles. The van der Waals surface area contributed by atoms with E-state index in [2.05, 4.69) is 0 Å². The molecule has 5 nitrogen and oxygen atoms in total. The Morgan fingerprint density at radius 3 is 2.75 bits per heavy atom. The predicted molar refractivity (Wildman–Crippen MR) is 74.0 cm³/mol. The molecule has 5 heteroatoms. The number of likely N-dealkylation sites (tertiary alicyclic amines) is 1. The molecule has 3 fully saturated rings. The summed E-state index contributed by atoms with van der Waals surface area (Å²) in [5, 5.41) is 0. The van der Waals surface area contributed by atoms with Crippen molar-refractivity contribution >= 4 is 11.8 Å². The Labute approximate surface area is 120 Å². The van der Waals surface area contributed by atoms with Crippen LogP contribution in [0.2, 0.25) is 0 Å². The average Bonchev–Trinajstić information content (AvgIpc) is 3.17. The van der Waals surface area contributed by atoms with Gasteiger partial charge >= 0.3 is 0 Å². The van der Waals surface area contributed by atoms with Crippen LogP contribution >= 0.6 is 0 Å². The summed E-state index contributed by atoms with van der Waals surface area (Å²) in [6.07, 6.45) is 3.05.